The molecule has 2 aliphatic heterocycles. The summed E-state index contributed by atoms with van der Waals surface area (Å²) in [6.45, 7) is 6.10. The van der Waals surface area contributed by atoms with Gasteiger partial charge in [-0.15, -0.1) is 11.8 Å². The predicted octanol–water partition coefficient (Wildman–Crippen LogP) is 8.73. The second kappa shape index (κ2) is 17.2. The van der Waals surface area contributed by atoms with E-state index in [1.165, 1.54) is 42.5 Å². The minimum atomic E-state index is -4.25. The minimum absolute atomic E-state index is 0.00402. The van der Waals surface area contributed by atoms with E-state index in [2.05, 4.69) is 43.9 Å². The Balaban J connectivity index is 0.925. The van der Waals surface area contributed by atoms with Gasteiger partial charge in [0.05, 0.1) is 4.90 Å². The van der Waals surface area contributed by atoms with Gasteiger partial charge in [-0.2, -0.15) is 5.87 Å². The van der Waals surface area contributed by atoms with Crippen LogP contribution >= 0.6 is 23.4 Å². The van der Waals surface area contributed by atoms with Crippen molar-refractivity contribution in [3.8, 4) is 0 Å². The number of amides is 1. The lowest BCUT2D eigenvalue weighted by Gasteiger charge is -2.57. The van der Waals surface area contributed by atoms with Crippen molar-refractivity contribution in [1.29, 1.82) is 0 Å². The van der Waals surface area contributed by atoms with Crippen LogP contribution in [-0.4, -0.2) is 69.1 Å². The van der Waals surface area contributed by atoms with Gasteiger partial charge < -0.3 is 14.4 Å². The molecule has 1 amide bonds. The van der Waals surface area contributed by atoms with Crippen LogP contribution in [0.1, 0.15) is 61.4 Å². The van der Waals surface area contributed by atoms with Gasteiger partial charge in [0.25, 0.3) is 15.9 Å². The molecule has 290 valence electrons. The number of allylic oxidation sites excluding steroid dienone is 1. The summed E-state index contributed by atoms with van der Waals surface area (Å²) < 4.78 is 41.5. The number of hydrogen-bond donors (Lipinski definition) is 2. The highest BCUT2D eigenvalue weighted by atomic mass is 35.5. The number of halogens is 1. The third-order valence-corrected chi connectivity index (χ3v) is 14.7. The van der Waals surface area contributed by atoms with Crippen molar-refractivity contribution in [2.45, 2.75) is 72.2 Å². The molecule has 4 aromatic carbocycles. The summed E-state index contributed by atoms with van der Waals surface area (Å²) in [6, 6.07) is 30.2. The zero-order valence-electron chi connectivity index (χ0n) is 31.1. The fourth-order valence-corrected chi connectivity index (χ4v) is 10.7. The van der Waals surface area contributed by atoms with Gasteiger partial charge in [-0.25, -0.2) is 23.5 Å². The molecule has 1 aliphatic carbocycles. The number of nitrogens with one attached hydrogen (secondary N) is 2. The molecular formula is C43H48ClN4O4S3-. The van der Waals surface area contributed by atoms with Crippen LogP contribution in [0.25, 0.3) is 5.57 Å². The Morgan fingerprint density at radius 3 is 2.38 bits per heavy atom. The van der Waals surface area contributed by atoms with Crippen LogP contribution in [-0.2, 0) is 24.6 Å². The summed E-state index contributed by atoms with van der Waals surface area (Å²) in [5, 5.41) is 4.10. The summed E-state index contributed by atoms with van der Waals surface area (Å²) in [6.07, 6.45) is 9.46. The Labute approximate surface area is 336 Å². The number of carbonyl (C=O) groups is 1. The van der Waals surface area contributed by atoms with Crippen molar-refractivity contribution < 1.29 is 17.4 Å². The van der Waals surface area contributed by atoms with Gasteiger partial charge >= 0.3 is 0 Å². The number of likely N-dealkylation sites (tertiary alicyclic amines) is 1. The normalized spacial score (nSPS) is 19.3. The largest absolute Gasteiger partial charge is 0.457 e. The van der Waals surface area contributed by atoms with Gasteiger partial charge in [-0.3, -0.25) is 9.69 Å². The van der Waals surface area contributed by atoms with Crippen molar-refractivity contribution >= 4 is 72.5 Å². The van der Waals surface area contributed by atoms with E-state index >= 15 is 0 Å². The number of hydrogen-bond acceptors (Lipinski definition) is 9. The highest BCUT2D eigenvalue weighted by molar-refractivity contribution is 7.99. The predicted molar refractivity (Wildman–Crippen MR) is 228 cm³/mol. The first-order valence-corrected chi connectivity index (χ1v) is 23.1. The third kappa shape index (κ3) is 9.46. The van der Waals surface area contributed by atoms with E-state index in [4.69, 9.17) is 11.6 Å². The average molecular weight is 817 g/mol. The van der Waals surface area contributed by atoms with Crippen LogP contribution in [0.2, 0.25) is 5.02 Å². The maximum Gasteiger partial charge on any atom is 0.264 e. The van der Waals surface area contributed by atoms with E-state index in [1.807, 2.05) is 61.5 Å². The van der Waals surface area contributed by atoms with E-state index < -0.39 is 26.3 Å². The standard InChI is InChI=1S/C43H48ClN4O4S3/c1-31(28-53-36-9-5-3-6-10-36)45-39-22-21-37(27-41(39)54(2)50)55(51,52)46-42(49)33-15-19-35(20-16-33)47-25-23-43(24-26-47)29-48(30-43)40-12-8-4-7-11-38(40)32-13-17-34(44)18-14-32/h3,5-6,9-11,13-22,27,31,40,45H,2,4,7-8,12,23-26,28-30H2,1H3,(H,46,49)/q-1. The van der Waals surface area contributed by atoms with Gasteiger partial charge in [0, 0.05) is 70.9 Å². The Morgan fingerprint density at radius 1 is 0.982 bits per heavy atom. The molecule has 2 saturated heterocycles. The maximum atomic E-state index is 13.3. The Kier molecular flexibility index (Phi) is 12.3. The molecular weight excluding hydrogens is 768 g/mol. The first kappa shape index (κ1) is 39.5. The third-order valence-electron chi connectivity index (χ3n) is 11.0. The van der Waals surface area contributed by atoms with E-state index in [9.17, 15) is 17.4 Å². The Morgan fingerprint density at radius 2 is 1.69 bits per heavy atom. The summed E-state index contributed by atoms with van der Waals surface area (Å²) in [7, 11) is -5.97. The fourth-order valence-electron chi connectivity index (χ4n) is 8.04. The Bertz CT molecular complexity index is 2190. The number of carbonyl (C=O) groups excluding carboxylic acids is 1. The number of benzene rings is 4. The fraction of sp³-hybridized carbons (Fsp3) is 0.349. The molecule has 2 atom stereocenters. The smallest absolute Gasteiger partial charge is 0.264 e. The number of thioether (sulfide) groups is 1. The number of rotatable bonds is 12. The molecule has 2 fully saturated rings. The number of anilines is 2. The van der Waals surface area contributed by atoms with Crippen LogP contribution in [0, 0.1) is 5.41 Å². The van der Waals surface area contributed by atoms with Gasteiger partial charge in [0.1, 0.15) is 0 Å². The van der Waals surface area contributed by atoms with Gasteiger partial charge in [0.2, 0.25) is 0 Å². The highest BCUT2D eigenvalue weighted by Gasteiger charge is 2.47. The molecule has 1 spiro atoms. The quantitative estimate of drug-likeness (QED) is 0.0833. The number of nitrogens with zero attached hydrogens (tertiary/aromatic N) is 2. The van der Waals surface area contributed by atoms with Crippen LogP contribution < -0.4 is 14.9 Å². The van der Waals surface area contributed by atoms with Crippen molar-refractivity contribution in [2.24, 2.45) is 5.41 Å². The van der Waals surface area contributed by atoms with E-state index in [0.717, 1.165) is 66.8 Å². The van der Waals surface area contributed by atoms with Gasteiger partial charge in [-0.05, 0) is 116 Å². The molecule has 4 aromatic rings. The summed E-state index contributed by atoms with van der Waals surface area (Å²) in [5.74, 6) is 3.65. The first-order valence-electron chi connectivity index (χ1n) is 18.9. The molecule has 0 radical (unpaired) electrons. The second-order valence-corrected chi connectivity index (χ2v) is 19.4. The van der Waals surface area contributed by atoms with Crippen LogP contribution in [0.3, 0.4) is 0 Å². The van der Waals surface area contributed by atoms with E-state index in [-0.39, 0.29) is 21.4 Å². The van der Waals surface area contributed by atoms with E-state index in [1.54, 1.807) is 30.0 Å². The number of piperidine rings is 1. The summed E-state index contributed by atoms with van der Waals surface area (Å²) >= 11 is 7.88. The second-order valence-electron chi connectivity index (χ2n) is 15.0. The van der Waals surface area contributed by atoms with Crippen molar-refractivity contribution in [3.63, 3.8) is 0 Å². The SMILES string of the molecule is C=[S-](=O)c1cc(S(=O)(=O)NC(=O)c2ccc(N3CCC4(CC3)CN(C3CCCCC=C3c3ccc(Cl)cc3)C4)cc2)ccc1NC(C)CSc1ccccc1. The minimum Gasteiger partial charge on any atom is -0.457 e. The van der Waals surface area contributed by atoms with Crippen molar-refractivity contribution in [2.75, 3.05) is 42.1 Å². The van der Waals surface area contributed by atoms with Gasteiger partial charge in [0.15, 0.2) is 0 Å². The van der Waals surface area contributed by atoms with E-state index in [0.29, 0.717) is 17.1 Å². The van der Waals surface area contributed by atoms with Crippen molar-refractivity contribution in [3.05, 3.63) is 119 Å². The highest BCUT2D eigenvalue weighted by Crippen LogP contribution is 2.45. The van der Waals surface area contributed by atoms with Crippen LogP contribution in [0.5, 0.6) is 0 Å². The molecule has 2 heterocycles. The molecule has 3 aliphatic rings. The Hall–Kier alpha value is -3.74. The first-order chi connectivity index (χ1) is 26.5. The molecule has 0 saturated carbocycles. The van der Waals surface area contributed by atoms with Crippen LogP contribution in [0.15, 0.2) is 118 Å². The summed E-state index contributed by atoms with van der Waals surface area (Å²) in [4.78, 5) is 19.4. The topological polar surface area (TPSA) is 98.8 Å². The molecule has 0 bridgehead atoms. The maximum absolute atomic E-state index is 13.3. The average Bonchev–Trinajstić information content (AvgIpc) is 3.43. The molecule has 2 N–H and O–H groups in total. The van der Waals surface area contributed by atoms with Crippen molar-refractivity contribution in [1.82, 2.24) is 9.62 Å². The lowest BCUT2D eigenvalue weighted by Crippen LogP contribution is -2.63. The zero-order valence-corrected chi connectivity index (χ0v) is 34.3. The lowest BCUT2D eigenvalue weighted by molar-refractivity contribution is -0.0348. The summed E-state index contributed by atoms with van der Waals surface area (Å²) in [5.41, 5.74) is 4.85. The van der Waals surface area contributed by atoms with Crippen LogP contribution in [0.4, 0.5) is 11.4 Å². The molecule has 0 aromatic heterocycles. The number of sulfonamides is 1. The molecule has 55 heavy (non-hydrogen) atoms. The molecule has 7 rings (SSSR count). The monoisotopic (exact) mass is 815 g/mol. The lowest BCUT2D eigenvalue weighted by atomic mass is 9.70. The molecule has 12 heteroatoms. The molecule has 2 unspecified atom stereocenters. The molecule has 8 nitrogen and oxygen atoms in total. The zero-order chi connectivity index (χ0) is 38.6. The van der Waals surface area contributed by atoms with Gasteiger partial charge in [-0.1, -0.05) is 65.4 Å².